The highest BCUT2D eigenvalue weighted by atomic mass is 14.6. The van der Waals surface area contributed by atoms with Crippen LogP contribution in [0.15, 0.2) is 24.5 Å². The van der Waals surface area contributed by atoms with Crippen LogP contribution in [0.2, 0.25) is 0 Å². The summed E-state index contributed by atoms with van der Waals surface area (Å²) in [6.07, 6.45) is 0.333. The molecule has 0 N–H and O–H groups in total. The highest BCUT2D eigenvalue weighted by Gasteiger charge is 1.72. The molecule has 1 aromatic rings. The Kier molecular flexibility index (Phi) is 0.609. The van der Waals surface area contributed by atoms with E-state index in [9.17, 15) is 0 Å². The van der Waals surface area contributed by atoms with Crippen LogP contribution in [-0.4, -0.2) is 4.98 Å². The number of hydrogen-bond acceptors (Lipinski definition) is 1. The molecular weight excluding hydrogens is 86.1 g/mol. The van der Waals surface area contributed by atoms with Gasteiger partial charge in [-0.1, -0.05) is 0 Å². The highest BCUT2D eigenvalue weighted by molar-refractivity contribution is 5.05. The van der Waals surface area contributed by atoms with E-state index in [4.69, 9.17) is 2.74 Å². The summed E-state index contributed by atoms with van der Waals surface area (Å²) in [7, 11) is 0. The average molecular weight is 95.1 g/mol. The van der Waals surface area contributed by atoms with Crippen LogP contribution in [0.1, 0.15) is 8.30 Å². The summed E-state index contributed by atoms with van der Waals surface area (Å²) < 4.78 is 14.1. The van der Waals surface area contributed by atoms with Gasteiger partial charge < -0.3 is 0 Å². The lowest BCUT2D eigenvalue weighted by Crippen LogP contribution is -1.68. The number of nitrogens with zero attached hydrogens (tertiary/aromatic N) is 1. The zero-order valence-electron chi connectivity index (χ0n) is 6.10. The molecule has 0 bridgehead atoms. The maximum absolute atomic E-state index is 7.05. The number of rotatable bonds is 0. The van der Waals surface area contributed by atoms with Crippen molar-refractivity contribution >= 4 is 0 Å². The zero-order valence-corrected chi connectivity index (χ0v) is 4.10. The Morgan fingerprint density at radius 3 is 2.57 bits per heavy atom. The van der Waals surface area contributed by atoms with E-state index in [0.717, 1.165) is 5.56 Å². The van der Waals surface area contributed by atoms with Gasteiger partial charge in [0.2, 0.25) is 0 Å². The minimum Gasteiger partial charge on any atom is -0.265 e. The lowest BCUT2D eigenvalue weighted by Gasteiger charge is -1.82. The topological polar surface area (TPSA) is 12.9 Å². The molecule has 0 aliphatic heterocycles. The molecule has 36 valence electrons. The van der Waals surface area contributed by atoms with Crippen molar-refractivity contribution in [2.24, 2.45) is 0 Å². The Morgan fingerprint density at radius 1 is 1.57 bits per heavy atom. The van der Waals surface area contributed by atoms with Crippen LogP contribution in [0.4, 0.5) is 0 Å². The van der Waals surface area contributed by atoms with E-state index in [0.29, 0.717) is 0 Å². The van der Waals surface area contributed by atoms with E-state index in [1.54, 1.807) is 12.1 Å². The first-order valence-corrected chi connectivity index (χ1v) is 2.10. The van der Waals surface area contributed by atoms with Gasteiger partial charge in [-0.25, -0.2) is 0 Å². The van der Waals surface area contributed by atoms with Crippen molar-refractivity contribution in [3.05, 3.63) is 30.0 Å². The summed E-state index contributed by atoms with van der Waals surface area (Å²) in [4.78, 5) is 3.57. The molecular formula is C6H7N. The van der Waals surface area contributed by atoms with E-state index >= 15 is 0 Å². The second-order valence-electron chi connectivity index (χ2n) is 1.40. The minimum atomic E-state index is 0.167. The van der Waals surface area contributed by atoms with Crippen LogP contribution in [0.5, 0.6) is 0 Å². The Morgan fingerprint density at radius 2 is 2.14 bits per heavy atom. The summed E-state index contributed by atoms with van der Waals surface area (Å²) in [5.74, 6) is 0. The predicted molar refractivity (Wildman–Crippen MR) is 29.0 cm³/mol. The van der Waals surface area contributed by atoms with Crippen molar-refractivity contribution in [3.8, 4) is 0 Å². The van der Waals surface area contributed by atoms with Crippen molar-refractivity contribution < 1.29 is 2.74 Å². The van der Waals surface area contributed by atoms with Gasteiger partial charge in [-0.15, -0.1) is 0 Å². The lowest BCUT2D eigenvalue weighted by atomic mass is 10.3. The molecule has 0 saturated heterocycles. The smallest absolute Gasteiger partial charge is 0.0840 e. The predicted octanol–water partition coefficient (Wildman–Crippen LogP) is 1.39. The van der Waals surface area contributed by atoms with Crippen molar-refractivity contribution in [1.82, 2.24) is 4.98 Å². The third kappa shape index (κ3) is 1.000. The SMILES string of the molecule is [2H]c1cc(C)cc([2H])n1. The Bertz CT molecular complexity index is 172. The van der Waals surface area contributed by atoms with Gasteiger partial charge in [-0.3, -0.25) is 4.98 Å². The van der Waals surface area contributed by atoms with E-state index in [2.05, 4.69) is 4.98 Å². The van der Waals surface area contributed by atoms with E-state index in [1.165, 1.54) is 0 Å². The number of aryl methyl sites for hydroxylation is 1. The summed E-state index contributed by atoms with van der Waals surface area (Å²) in [5.41, 5.74) is 0.917. The van der Waals surface area contributed by atoms with E-state index in [1.807, 2.05) is 6.92 Å². The molecule has 1 rings (SSSR count). The van der Waals surface area contributed by atoms with Gasteiger partial charge in [0, 0.05) is 12.3 Å². The zero-order chi connectivity index (χ0) is 6.85. The normalized spacial score (nSPS) is 12.7. The van der Waals surface area contributed by atoms with Crippen molar-refractivity contribution in [2.45, 2.75) is 6.92 Å². The van der Waals surface area contributed by atoms with Gasteiger partial charge in [-0.2, -0.15) is 0 Å². The van der Waals surface area contributed by atoms with E-state index in [-0.39, 0.29) is 12.3 Å². The molecule has 0 aliphatic rings. The van der Waals surface area contributed by atoms with Crippen molar-refractivity contribution in [3.63, 3.8) is 0 Å². The van der Waals surface area contributed by atoms with Crippen LogP contribution in [0.25, 0.3) is 0 Å². The molecule has 1 heterocycles. The van der Waals surface area contributed by atoms with Gasteiger partial charge in [0.15, 0.2) is 0 Å². The van der Waals surface area contributed by atoms with Gasteiger partial charge in [-0.05, 0) is 24.6 Å². The molecule has 1 heteroatoms. The summed E-state index contributed by atoms with van der Waals surface area (Å²) in [5, 5.41) is 0. The highest BCUT2D eigenvalue weighted by Crippen LogP contribution is 1.88. The van der Waals surface area contributed by atoms with Gasteiger partial charge in [0.05, 0.1) is 2.74 Å². The largest absolute Gasteiger partial charge is 0.265 e. The third-order valence-corrected chi connectivity index (χ3v) is 0.714. The first-order chi connectivity index (χ1) is 4.18. The van der Waals surface area contributed by atoms with Gasteiger partial charge in [0.1, 0.15) is 0 Å². The second-order valence-corrected chi connectivity index (χ2v) is 1.40. The number of pyridine rings is 1. The maximum Gasteiger partial charge on any atom is 0.0840 e. The average Bonchev–Trinajstić information content (AvgIpc) is 1.59. The molecule has 7 heavy (non-hydrogen) atoms. The number of hydrogen-bond donors (Lipinski definition) is 0. The van der Waals surface area contributed by atoms with Gasteiger partial charge >= 0.3 is 0 Å². The van der Waals surface area contributed by atoms with Crippen LogP contribution < -0.4 is 0 Å². The standard InChI is InChI=1S/C6H7N/c1-6-2-4-7-5-3-6/h2-5H,1H3/i4D,5D. The first kappa shape index (κ1) is 2.46. The monoisotopic (exact) mass is 95.1 g/mol. The second kappa shape index (κ2) is 1.73. The van der Waals surface area contributed by atoms with Crippen LogP contribution in [0.3, 0.4) is 0 Å². The Balaban J connectivity index is 3.17. The maximum atomic E-state index is 7.05. The minimum absolute atomic E-state index is 0.167. The molecule has 0 saturated carbocycles. The third-order valence-electron chi connectivity index (χ3n) is 0.714. The fourth-order valence-electron chi connectivity index (χ4n) is 0.347. The molecule has 0 radical (unpaired) electrons. The van der Waals surface area contributed by atoms with Crippen LogP contribution in [-0.2, 0) is 0 Å². The molecule has 0 amide bonds. The summed E-state index contributed by atoms with van der Waals surface area (Å²) in [6.45, 7) is 1.84. The van der Waals surface area contributed by atoms with E-state index < -0.39 is 0 Å². The molecule has 1 aromatic heterocycles. The molecule has 0 spiro atoms. The molecule has 0 aromatic carbocycles. The fourth-order valence-corrected chi connectivity index (χ4v) is 0.347. The molecule has 0 fully saturated rings. The Hall–Kier alpha value is -0.850. The van der Waals surface area contributed by atoms with Gasteiger partial charge in [0.25, 0.3) is 0 Å². The quantitative estimate of drug-likeness (QED) is 0.474. The molecule has 1 nitrogen and oxygen atoms in total. The summed E-state index contributed by atoms with van der Waals surface area (Å²) in [6, 6.07) is 3.25. The number of aromatic nitrogens is 1. The fraction of sp³-hybridized carbons (Fsp3) is 0.167. The van der Waals surface area contributed by atoms with Crippen LogP contribution >= 0.6 is 0 Å². The lowest BCUT2D eigenvalue weighted by molar-refractivity contribution is 1.29. The van der Waals surface area contributed by atoms with Crippen molar-refractivity contribution in [1.29, 1.82) is 0 Å². The Labute approximate surface area is 45.8 Å². The summed E-state index contributed by atoms with van der Waals surface area (Å²) >= 11 is 0. The molecule has 0 unspecified atom stereocenters. The van der Waals surface area contributed by atoms with Crippen LogP contribution in [0, 0.1) is 6.92 Å². The first-order valence-electron chi connectivity index (χ1n) is 3.10. The molecule has 0 atom stereocenters. The molecule has 0 aliphatic carbocycles. The van der Waals surface area contributed by atoms with Crippen molar-refractivity contribution in [2.75, 3.05) is 0 Å².